The van der Waals surface area contributed by atoms with E-state index in [9.17, 15) is 31.1 Å². The molecule has 0 aliphatic rings. The predicted molar refractivity (Wildman–Crippen MR) is 68.3 cm³/mol. The first-order valence-corrected chi connectivity index (χ1v) is 6.14. The van der Waals surface area contributed by atoms with Gasteiger partial charge in [0.25, 0.3) is 0 Å². The molecule has 0 spiro atoms. The Morgan fingerprint density at radius 1 is 1.04 bits per heavy atom. The van der Waals surface area contributed by atoms with Crippen LogP contribution in [0.2, 0.25) is 0 Å². The standard InChI is InChI=1S/C14H7F6NO3/c15-13(16,17)10-5-8(6-21-11(10)12(22)23)7-2-1-3-9(4-7)24-14(18,19)20/h1-6H,(H,22,23). The largest absolute Gasteiger partial charge is 0.573 e. The number of pyridine rings is 1. The maximum Gasteiger partial charge on any atom is 0.573 e. The van der Waals surface area contributed by atoms with Crippen LogP contribution in [0.1, 0.15) is 16.1 Å². The summed E-state index contributed by atoms with van der Waals surface area (Å²) in [6, 6.07) is 4.73. The van der Waals surface area contributed by atoms with E-state index in [2.05, 4.69) is 9.72 Å². The van der Waals surface area contributed by atoms with Crippen molar-refractivity contribution in [2.45, 2.75) is 12.5 Å². The summed E-state index contributed by atoms with van der Waals surface area (Å²) in [4.78, 5) is 14.1. The number of ether oxygens (including phenoxy) is 1. The van der Waals surface area contributed by atoms with Crippen molar-refractivity contribution in [3.8, 4) is 16.9 Å². The van der Waals surface area contributed by atoms with Crippen LogP contribution in [0.5, 0.6) is 5.75 Å². The molecule has 1 aromatic carbocycles. The second-order valence-corrected chi connectivity index (χ2v) is 4.50. The Kier molecular flexibility index (Phi) is 4.41. The number of alkyl halides is 6. The molecule has 0 unspecified atom stereocenters. The van der Waals surface area contributed by atoms with Crippen molar-refractivity contribution in [1.82, 2.24) is 4.98 Å². The monoisotopic (exact) mass is 351 g/mol. The van der Waals surface area contributed by atoms with Crippen molar-refractivity contribution in [1.29, 1.82) is 0 Å². The van der Waals surface area contributed by atoms with Crippen LogP contribution in [0, 0.1) is 0 Å². The van der Waals surface area contributed by atoms with E-state index in [1.807, 2.05) is 0 Å². The smallest absolute Gasteiger partial charge is 0.476 e. The summed E-state index contributed by atoms with van der Waals surface area (Å²) < 4.78 is 79.0. The van der Waals surface area contributed by atoms with Crippen molar-refractivity contribution >= 4 is 5.97 Å². The highest BCUT2D eigenvalue weighted by atomic mass is 19.4. The highest BCUT2D eigenvalue weighted by molar-refractivity contribution is 5.88. The molecule has 10 heteroatoms. The van der Waals surface area contributed by atoms with Gasteiger partial charge in [-0.3, -0.25) is 0 Å². The molecule has 0 saturated heterocycles. The lowest BCUT2D eigenvalue weighted by atomic mass is 10.0. The van der Waals surface area contributed by atoms with Crippen LogP contribution in [-0.4, -0.2) is 22.4 Å². The number of hydrogen-bond acceptors (Lipinski definition) is 3. The molecule has 0 amide bonds. The summed E-state index contributed by atoms with van der Waals surface area (Å²) in [5.41, 5.74) is -2.96. The summed E-state index contributed by atoms with van der Waals surface area (Å²) in [6.07, 6.45) is -9.12. The highest BCUT2D eigenvalue weighted by Gasteiger charge is 2.37. The van der Waals surface area contributed by atoms with E-state index in [4.69, 9.17) is 5.11 Å². The van der Waals surface area contributed by atoms with Crippen LogP contribution in [0.4, 0.5) is 26.3 Å². The molecule has 0 radical (unpaired) electrons. The molecule has 0 aliphatic heterocycles. The summed E-state index contributed by atoms with van der Waals surface area (Å²) in [7, 11) is 0. The minimum Gasteiger partial charge on any atom is -0.476 e. The number of aromatic nitrogens is 1. The second kappa shape index (κ2) is 6.02. The Bertz CT molecular complexity index is 770. The predicted octanol–water partition coefficient (Wildman–Crippen LogP) is 4.36. The number of carboxylic acids is 1. The average Bonchev–Trinajstić information content (AvgIpc) is 2.44. The zero-order valence-electron chi connectivity index (χ0n) is 11.4. The summed E-state index contributed by atoms with van der Waals surface area (Å²) in [5, 5.41) is 8.75. The molecule has 0 fully saturated rings. The van der Waals surface area contributed by atoms with Crippen molar-refractivity contribution in [2.24, 2.45) is 0 Å². The average molecular weight is 351 g/mol. The van der Waals surface area contributed by atoms with E-state index in [-0.39, 0.29) is 11.1 Å². The van der Waals surface area contributed by atoms with E-state index in [1.165, 1.54) is 6.07 Å². The van der Waals surface area contributed by atoms with Gasteiger partial charge in [0.1, 0.15) is 5.75 Å². The molecule has 1 heterocycles. The fourth-order valence-corrected chi connectivity index (χ4v) is 1.88. The first-order chi connectivity index (χ1) is 11.0. The van der Waals surface area contributed by atoms with Crippen LogP contribution in [0.3, 0.4) is 0 Å². The molecule has 0 aliphatic carbocycles. The second-order valence-electron chi connectivity index (χ2n) is 4.50. The van der Waals surface area contributed by atoms with Gasteiger partial charge in [-0.2, -0.15) is 13.2 Å². The maximum absolute atomic E-state index is 12.9. The summed E-state index contributed by atoms with van der Waals surface area (Å²) >= 11 is 0. The molecule has 0 bridgehead atoms. The number of rotatable bonds is 3. The number of nitrogens with zero attached hydrogens (tertiary/aromatic N) is 1. The van der Waals surface area contributed by atoms with Gasteiger partial charge in [-0.25, -0.2) is 9.78 Å². The quantitative estimate of drug-likeness (QED) is 0.835. The van der Waals surface area contributed by atoms with Crippen LogP contribution in [0.15, 0.2) is 36.5 Å². The molecule has 4 nitrogen and oxygen atoms in total. The maximum atomic E-state index is 12.9. The highest BCUT2D eigenvalue weighted by Crippen LogP contribution is 2.35. The number of benzene rings is 1. The van der Waals surface area contributed by atoms with Gasteiger partial charge in [0.15, 0.2) is 5.69 Å². The van der Waals surface area contributed by atoms with Gasteiger partial charge < -0.3 is 9.84 Å². The molecule has 24 heavy (non-hydrogen) atoms. The molecular weight excluding hydrogens is 344 g/mol. The van der Waals surface area contributed by atoms with Gasteiger partial charge in [-0.1, -0.05) is 12.1 Å². The first-order valence-electron chi connectivity index (χ1n) is 6.14. The van der Waals surface area contributed by atoms with Crippen molar-refractivity contribution in [3.63, 3.8) is 0 Å². The Hall–Kier alpha value is -2.78. The topological polar surface area (TPSA) is 59.4 Å². The lowest BCUT2D eigenvalue weighted by Crippen LogP contribution is -2.17. The fourth-order valence-electron chi connectivity index (χ4n) is 1.88. The Labute approximate surface area is 130 Å². The fraction of sp³-hybridized carbons (Fsp3) is 0.143. The number of carboxylic acid groups (broad SMARTS) is 1. The SMILES string of the molecule is O=C(O)c1ncc(-c2cccc(OC(F)(F)F)c2)cc1C(F)(F)F. The Morgan fingerprint density at radius 3 is 2.25 bits per heavy atom. The van der Waals surface area contributed by atoms with Gasteiger partial charge in [-0.05, 0) is 23.8 Å². The van der Waals surface area contributed by atoms with Crippen LogP contribution in [-0.2, 0) is 6.18 Å². The minimum atomic E-state index is -4.99. The van der Waals surface area contributed by atoms with E-state index < -0.39 is 35.5 Å². The molecule has 0 saturated carbocycles. The van der Waals surface area contributed by atoms with E-state index in [1.54, 1.807) is 0 Å². The molecular formula is C14H7F6NO3. The zero-order valence-corrected chi connectivity index (χ0v) is 11.4. The Balaban J connectivity index is 2.50. The minimum absolute atomic E-state index is 0.0494. The zero-order chi connectivity index (χ0) is 18.1. The third-order valence-corrected chi connectivity index (χ3v) is 2.80. The van der Waals surface area contributed by atoms with Crippen LogP contribution < -0.4 is 4.74 Å². The normalized spacial score (nSPS) is 12.1. The van der Waals surface area contributed by atoms with Crippen molar-refractivity contribution in [3.05, 3.63) is 47.8 Å². The van der Waals surface area contributed by atoms with Crippen LogP contribution in [0.25, 0.3) is 11.1 Å². The molecule has 2 rings (SSSR count). The van der Waals surface area contributed by atoms with Gasteiger partial charge >= 0.3 is 18.5 Å². The van der Waals surface area contributed by atoms with Crippen LogP contribution >= 0.6 is 0 Å². The molecule has 0 atom stereocenters. The lowest BCUT2D eigenvalue weighted by molar-refractivity contribution is -0.274. The van der Waals surface area contributed by atoms with Gasteiger partial charge in [0.05, 0.1) is 5.56 Å². The number of carbonyl (C=O) groups is 1. The first kappa shape index (κ1) is 17.6. The number of halogens is 6. The van der Waals surface area contributed by atoms with E-state index in [0.29, 0.717) is 6.07 Å². The van der Waals surface area contributed by atoms with Crippen molar-refractivity contribution in [2.75, 3.05) is 0 Å². The van der Waals surface area contributed by atoms with E-state index in [0.717, 1.165) is 24.4 Å². The Morgan fingerprint density at radius 2 is 1.71 bits per heavy atom. The number of aromatic carboxylic acids is 1. The van der Waals surface area contributed by atoms with E-state index >= 15 is 0 Å². The number of hydrogen-bond donors (Lipinski definition) is 1. The summed E-state index contributed by atoms with van der Waals surface area (Å²) in [6.45, 7) is 0. The van der Waals surface area contributed by atoms with Gasteiger partial charge in [0.2, 0.25) is 0 Å². The molecule has 128 valence electrons. The molecule has 1 N–H and O–H groups in total. The van der Waals surface area contributed by atoms with Gasteiger partial charge in [0, 0.05) is 11.8 Å². The molecule has 2 aromatic rings. The van der Waals surface area contributed by atoms with Crippen molar-refractivity contribution < 1.29 is 41.0 Å². The lowest BCUT2D eigenvalue weighted by Gasteiger charge is -2.13. The summed E-state index contributed by atoms with van der Waals surface area (Å²) in [5.74, 6) is -2.50. The van der Waals surface area contributed by atoms with Gasteiger partial charge in [-0.15, -0.1) is 13.2 Å². The third-order valence-electron chi connectivity index (χ3n) is 2.80. The third kappa shape index (κ3) is 4.15. The molecule has 1 aromatic heterocycles.